The highest BCUT2D eigenvalue weighted by atomic mass is 16.4. The van der Waals surface area contributed by atoms with E-state index in [9.17, 15) is 14.7 Å². The molecule has 0 aromatic heterocycles. The third-order valence-electron chi connectivity index (χ3n) is 3.25. The molecule has 5 heteroatoms. The minimum atomic E-state index is -1.46. The summed E-state index contributed by atoms with van der Waals surface area (Å²) in [5, 5.41) is 18.0. The molecule has 0 fully saturated rings. The molecule has 2 atom stereocenters. The van der Waals surface area contributed by atoms with Crippen molar-refractivity contribution < 1.29 is 19.8 Å². The summed E-state index contributed by atoms with van der Waals surface area (Å²) in [4.78, 5) is 22.0. The molecule has 0 saturated carbocycles. The Balaban J connectivity index is 2.46. The average molecular weight is 235 g/mol. The molecule has 17 heavy (non-hydrogen) atoms. The zero-order valence-electron chi connectivity index (χ0n) is 9.09. The lowest BCUT2D eigenvalue weighted by Crippen LogP contribution is -2.42. The average Bonchev–Trinajstić information content (AvgIpc) is 2.54. The van der Waals surface area contributed by atoms with Crippen LogP contribution in [-0.4, -0.2) is 22.2 Å². The Morgan fingerprint density at radius 3 is 2.59 bits per heavy atom. The fourth-order valence-electron chi connectivity index (χ4n) is 2.46. The highest BCUT2D eigenvalue weighted by Gasteiger charge is 2.46. The van der Waals surface area contributed by atoms with Crippen LogP contribution in [0, 0.1) is 0 Å². The van der Waals surface area contributed by atoms with Gasteiger partial charge in [-0.25, -0.2) is 4.79 Å². The van der Waals surface area contributed by atoms with E-state index in [-0.39, 0.29) is 18.8 Å². The van der Waals surface area contributed by atoms with Gasteiger partial charge in [0.1, 0.15) is 5.54 Å². The molecule has 0 heterocycles. The van der Waals surface area contributed by atoms with Gasteiger partial charge in [0.15, 0.2) is 0 Å². The number of benzene rings is 1. The first-order chi connectivity index (χ1) is 7.95. The van der Waals surface area contributed by atoms with E-state index < -0.39 is 17.5 Å². The van der Waals surface area contributed by atoms with E-state index in [1.165, 1.54) is 0 Å². The monoisotopic (exact) mass is 235 g/mol. The van der Waals surface area contributed by atoms with Crippen LogP contribution in [0.4, 0.5) is 0 Å². The highest BCUT2D eigenvalue weighted by Crippen LogP contribution is 2.44. The second kappa shape index (κ2) is 3.85. The van der Waals surface area contributed by atoms with E-state index in [1.807, 2.05) is 0 Å². The Kier molecular flexibility index (Phi) is 2.63. The van der Waals surface area contributed by atoms with Crippen LogP contribution in [0.15, 0.2) is 24.3 Å². The summed E-state index contributed by atoms with van der Waals surface area (Å²) in [6.45, 7) is 0. The molecule has 1 aliphatic rings. The molecule has 0 radical (unpaired) electrons. The third-order valence-corrected chi connectivity index (χ3v) is 3.25. The number of carbonyl (C=O) groups is 2. The largest absolute Gasteiger partial charge is 0.481 e. The summed E-state index contributed by atoms with van der Waals surface area (Å²) < 4.78 is 0. The summed E-state index contributed by atoms with van der Waals surface area (Å²) in [6, 6.07) is 6.89. The van der Waals surface area contributed by atoms with E-state index in [2.05, 4.69) is 0 Å². The Bertz CT molecular complexity index is 485. The van der Waals surface area contributed by atoms with E-state index in [4.69, 9.17) is 10.8 Å². The number of aliphatic carboxylic acids is 2. The van der Waals surface area contributed by atoms with E-state index in [1.54, 1.807) is 24.3 Å². The molecule has 1 aliphatic carbocycles. The number of hydrogen-bond acceptors (Lipinski definition) is 3. The maximum absolute atomic E-state index is 11.2. The summed E-state index contributed by atoms with van der Waals surface area (Å²) in [7, 11) is 0. The van der Waals surface area contributed by atoms with Crippen LogP contribution < -0.4 is 5.73 Å². The van der Waals surface area contributed by atoms with E-state index >= 15 is 0 Å². The van der Waals surface area contributed by atoms with Crippen molar-refractivity contribution in [2.24, 2.45) is 5.73 Å². The lowest BCUT2D eigenvalue weighted by molar-refractivity contribution is -0.144. The van der Waals surface area contributed by atoms with Crippen LogP contribution in [0.1, 0.15) is 29.9 Å². The quantitative estimate of drug-likeness (QED) is 0.722. The maximum Gasteiger partial charge on any atom is 0.328 e. The topological polar surface area (TPSA) is 101 Å². The molecule has 1 aromatic carbocycles. The predicted octanol–water partition coefficient (Wildman–Crippen LogP) is 0.887. The van der Waals surface area contributed by atoms with Crippen molar-refractivity contribution in [2.75, 3.05) is 0 Å². The molecular weight excluding hydrogens is 222 g/mol. The van der Waals surface area contributed by atoms with Crippen LogP contribution in [0.5, 0.6) is 0 Å². The standard InChI is InChI=1S/C12H13NO4/c13-12(11(16)17)6-7(5-10(14)15)8-3-1-2-4-9(8)12/h1-4,7H,5-6,13H2,(H,14,15)(H,16,17). The van der Waals surface area contributed by atoms with Crippen LogP contribution in [-0.2, 0) is 15.1 Å². The molecular formula is C12H13NO4. The summed E-state index contributed by atoms with van der Waals surface area (Å²) in [6.07, 6.45) is 0.0389. The van der Waals surface area contributed by atoms with Gasteiger partial charge >= 0.3 is 11.9 Å². The van der Waals surface area contributed by atoms with Crippen LogP contribution >= 0.6 is 0 Å². The van der Waals surface area contributed by atoms with Gasteiger partial charge in [-0.1, -0.05) is 24.3 Å². The van der Waals surface area contributed by atoms with Gasteiger partial charge in [-0.15, -0.1) is 0 Å². The molecule has 0 aliphatic heterocycles. The normalized spacial score (nSPS) is 26.5. The Morgan fingerprint density at radius 1 is 1.35 bits per heavy atom. The van der Waals surface area contributed by atoms with Gasteiger partial charge in [0.2, 0.25) is 0 Å². The summed E-state index contributed by atoms with van der Waals surface area (Å²) in [5.41, 5.74) is 5.69. The van der Waals surface area contributed by atoms with Crippen molar-refractivity contribution in [3.05, 3.63) is 35.4 Å². The van der Waals surface area contributed by atoms with Crippen molar-refractivity contribution in [3.8, 4) is 0 Å². The Labute approximate surface area is 97.9 Å². The van der Waals surface area contributed by atoms with Crippen molar-refractivity contribution in [3.63, 3.8) is 0 Å². The first-order valence-electron chi connectivity index (χ1n) is 5.28. The zero-order chi connectivity index (χ0) is 12.6. The van der Waals surface area contributed by atoms with Gasteiger partial charge in [0, 0.05) is 0 Å². The second-order valence-corrected chi connectivity index (χ2v) is 4.36. The van der Waals surface area contributed by atoms with Gasteiger partial charge in [-0.05, 0) is 23.5 Å². The number of fused-ring (bicyclic) bond motifs is 1. The van der Waals surface area contributed by atoms with Crippen molar-refractivity contribution >= 4 is 11.9 Å². The van der Waals surface area contributed by atoms with Gasteiger partial charge in [0.05, 0.1) is 6.42 Å². The van der Waals surface area contributed by atoms with E-state index in [0.717, 1.165) is 5.56 Å². The second-order valence-electron chi connectivity index (χ2n) is 4.36. The van der Waals surface area contributed by atoms with Crippen LogP contribution in [0.3, 0.4) is 0 Å². The highest BCUT2D eigenvalue weighted by molar-refractivity contribution is 5.83. The predicted molar refractivity (Wildman–Crippen MR) is 59.6 cm³/mol. The lowest BCUT2D eigenvalue weighted by Gasteiger charge is -2.19. The fraction of sp³-hybridized carbons (Fsp3) is 0.333. The van der Waals surface area contributed by atoms with Crippen LogP contribution in [0.25, 0.3) is 0 Å². The molecule has 2 rings (SSSR count). The molecule has 2 unspecified atom stereocenters. The van der Waals surface area contributed by atoms with E-state index in [0.29, 0.717) is 5.56 Å². The Morgan fingerprint density at radius 2 is 2.00 bits per heavy atom. The zero-order valence-corrected chi connectivity index (χ0v) is 9.09. The molecule has 5 nitrogen and oxygen atoms in total. The van der Waals surface area contributed by atoms with Crippen LogP contribution in [0.2, 0.25) is 0 Å². The van der Waals surface area contributed by atoms with Gasteiger partial charge in [0.25, 0.3) is 0 Å². The number of nitrogens with two attached hydrogens (primary N) is 1. The minimum Gasteiger partial charge on any atom is -0.481 e. The fourth-order valence-corrected chi connectivity index (χ4v) is 2.46. The summed E-state index contributed by atoms with van der Waals surface area (Å²) in [5.74, 6) is -2.39. The van der Waals surface area contributed by atoms with Gasteiger partial charge < -0.3 is 15.9 Å². The lowest BCUT2D eigenvalue weighted by atomic mass is 9.92. The molecule has 4 N–H and O–H groups in total. The van der Waals surface area contributed by atoms with Gasteiger partial charge in [-0.3, -0.25) is 4.79 Å². The number of hydrogen-bond donors (Lipinski definition) is 3. The number of carboxylic acid groups (broad SMARTS) is 2. The van der Waals surface area contributed by atoms with Gasteiger partial charge in [-0.2, -0.15) is 0 Å². The van der Waals surface area contributed by atoms with Crippen molar-refractivity contribution in [1.82, 2.24) is 0 Å². The minimum absolute atomic E-state index is 0.0940. The number of rotatable bonds is 3. The molecule has 0 spiro atoms. The first-order valence-corrected chi connectivity index (χ1v) is 5.28. The maximum atomic E-state index is 11.2. The molecule has 0 saturated heterocycles. The molecule has 0 bridgehead atoms. The third kappa shape index (κ3) is 1.78. The SMILES string of the molecule is NC1(C(=O)O)CC(CC(=O)O)c2ccccc21. The summed E-state index contributed by atoms with van der Waals surface area (Å²) >= 11 is 0. The van der Waals surface area contributed by atoms with Crippen molar-refractivity contribution in [1.29, 1.82) is 0 Å². The first kappa shape index (κ1) is 11.6. The molecule has 1 aromatic rings. The van der Waals surface area contributed by atoms with Crippen molar-refractivity contribution in [2.45, 2.75) is 24.3 Å². The number of carboxylic acids is 2. The molecule has 0 amide bonds. The smallest absolute Gasteiger partial charge is 0.328 e. The Hall–Kier alpha value is -1.88. The molecule has 90 valence electrons.